The molecule has 6 heteroatoms. The Balaban J connectivity index is 0.962. The Morgan fingerprint density at radius 2 is 0.966 bits per heavy atom. The van der Waals surface area contributed by atoms with Crippen LogP contribution in [0.25, 0.3) is 105 Å². The van der Waals surface area contributed by atoms with Crippen LogP contribution < -0.4 is 0 Å². The van der Waals surface area contributed by atoms with E-state index in [1.54, 1.807) is 0 Å². The summed E-state index contributed by atoms with van der Waals surface area (Å²) < 4.78 is 4.61. The predicted octanol–water partition coefficient (Wildman–Crippen LogP) is 12.7. The molecule has 13 rings (SSSR count). The molecular formula is C53H36N6. The summed E-state index contributed by atoms with van der Waals surface area (Å²) in [4.78, 5) is 20.3. The third-order valence-corrected chi connectivity index (χ3v) is 13.2. The lowest BCUT2D eigenvalue weighted by Gasteiger charge is -2.34. The zero-order valence-electron chi connectivity index (χ0n) is 32.6. The molecule has 0 atom stereocenters. The smallest absolute Gasteiger partial charge is 0.159 e. The highest BCUT2D eigenvalue weighted by Crippen LogP contribution is 2.51. The first-order chi connectivity index (χ1) is 29.0. The normalized spacial score (nSPS) is 14.2. The fourth-order valence-corrected chi connectivity index (χ4v) is 10.5. The zero-order valence-corrected chi connectivity index (χ0v) is 32.6. The van der Waals surface area contributed by atoms with Gasteiger partial charge in [0.05, 0.1) is 52.7 Å². The van der Waals surface area contributed by atoms with Gasteiger partial charge in [-0.1, -0.05) is 129 Å². The van der Waals surface area contributed by atoms with Gasteiger partial charge in [0, 0.05) is 44.0 Å². The van der Waals surface area contributed by atoms with Gasteiger partial charge in [-0.3, -0.25) is 0 Å². The molecule has 0 radical (unpaired) electrons. The second kappa shape index (κ2) is 11.8. The molecule has 0 unspecified atom stereocenters. The van der Waals surface area contributed by atoms with Gasteiger partial charge in [-0.15, -0.1) is 0 Å². The molecule has 0 aliphatic heterocycles. The molecule has 0 spiro atoms. The SMILES string of the molecule is CC1(C)c2ccc(-c3ncc(-n4c5c(c6ccccc64)C=CCC5)cn3)c3ccc4ccc5c(-c6ncc(-n7c8ccccc8c8ccccc87)cn6)ccc1c5c4c23. The van der Waals surface area contributed by atoms with Crippen LogP contribution in [0.3, 0.4) is 0 Å². The van der Waals surface area contributed by atoms with Crippen molar-refractivity contribution in [3.8, 4) is 34.2 Å². The van der Waals surface area contributed by atoms with Crippen LogP contribution in [-0.4, -0.2) is 29.1 Å². The van der Waals surface area contributed by atoms with Crippen molar-refractivity contribution in [2.75, 3.05) is 0 Å². The van der Waals surface area contributed by atoms with Gasteiger partial charge in [-0.05, 0) is 74.5 Å². The maximum atomic E-state index is 5.08. The summed E-state index contributed by atoms with van der Waals surface area (Å²) in [5, 5.41) is 11.1. The average Bonchev–Trinajstić information content (AvgIpc) is 3.81. The molecule has 0 saturated heterocycles. The van der Waals surface area contributed by atoms with Gasteiger partial charge in [-0.25, -0.2) is 19.9 Å². The van der Waals surface area contributed by atoms with Crippen molar-refractivity contribution >= 4 is 71.1 Å². The quantitative estimate of drug-likeness (QED) is 0.168. The Bertz CT molecular complexity index is 3570. The van der Waals surface area contributed by atoms with Crippen LogP contribution in [0.1, 0.15) is 42.7 Å². The number of hydrogen-bond acceptors (Lipinski definition) is 4. The summed E-state index contributed by atoms with van der Waals surface area (Å²) in [6.45, 7) is 4.70. The van der Waals surface area contributed by atoms with Gasteiger partial charge in [0.2, 0.25) is 0 Å². The highest BCUT2D eigenvalue weighted by molar-refractivity contribution is 6.27. The van der Waals surface area contributed by atoms with Crippen molar-refractivity contribution in [1.29, 1.82) is 0 Å². The Labute approximate surface area is 339 Å². The monoisotopic (exact) mass is 756 g/mol. The number of nitrogens with zero attached hydrogens (tertiary/aromatic N) is 6. The minimum Gasteiger partial charge on any atom is -0.310 e. The lowest BCUT2D eigenvalue weighted by Crippen LogP contribution is -2.22. The molecule has 59 heavy (non-hydrogen) atoms. The minimum atomic E-state index is -0.245. The maximum absolute atomic E-state index is 5.08. The highest BCUT2D eigenvalue weighted by atomic mass is 15.0. The second-order valence-corrected chi connectivity index (χ2v) is 16.6. The standard InChI is InChI=1S/C53H36N6/c1-53(2)42-25-23-40(51-54-27-32(28-55-51)58-44-15-7-3-11-34(44)35-12-4-8-16-45(35)58)38-21-19-31-20-22-39-41(24-26-43(53)50(39)48(31)49(38)42)52-56-29-33(30-57-52)59-46-17-9-5-13-36(46)37-14-6-10-18-47(37)59/h3-9,11-17,19-30H,10,18H2,1-2H3. The summed E-state index contributed by atoms with van der Waals surface area (Å²) >= 11 is 0. The van der Waals surface area contributed by atoms with Gasteiger partial charge >= 0.3 is 0 Å². The molecule has 2 aliphatic carbocycles. The van der Waals surface area contributed by atoms with Gasteiger partial charge < -0.3 is 9.13 Å². The fourth-order valence-electron chi connectivity index (χ4n) is 10.5. The van der Waals surface area contributed by atoms with E-state index in [4.69, 9.17) is 19.9 Å². The van der Waals surface area contributed by atoms with E-state index in [2.05, 4.69) is 156 Å². The molecule has 6 nitrogen and oxygen atoms in total. The van der Waals surface area contributed by atoms with Gasteiger partial charge in [0.25, 0.3) is 0 Å². The summed E-state index contributed by atoms with van der Waals surface area (Å²) in [5.74, 6) is 1.44. The van der Waals surface area contributed by atoms with E-state index < -0.39 is 0 Å². The van der Waals surface area contributed by atoms with E-state index in [0.29, 0.717) is 5.82 Å². The average molecular weight is 757 g/mol. The number of fused-ring (bicyclic) bond motifs is 6. The minimum absolute atomic E-state index is 0.245. The Morgan fingerprint density at radius 3 is 1.53 bits per heavy atom. The third-order valence-electron chi connectivity index (χ3n) is 13.2. The zero-order chi connectivity index (χ0) is 39.0. The molecule has 0 N–H and O–H groups in total. The van der Waals surface area contributed by atoms with Gasteiger partial charge in [-0.2, -0.15) is 0 Å². The molecule has 278 valence electrons. The third kappa shape index (κ3) is 4.40. The number of benzene rings is 7. The van der Waals surface area contributed by atoms with Crippen molar-refractivity contribution < 1.29 is 0 Å². The van der Waals surface area contributed by atoms with Crippen molar-refractivity contribution in [2.45, 2.75) is 32.1 Å². The molecule has 0 bridgehead atoms. The lowest BCUT2D eigenvalue weighted by atomic mass is 9.68. The van der Waals surface area contributed by atoms with Crippen LogP contribution in [-0.2, 0) is 11.8 Å². The highest BCUT2D eigenvalue weighted by Gasteiger charge is 2.34. The van der Waals surface area contributed by atoms with Crippen LogP contribution in [0.5, 0.6) is 0 Å². The number of hydrogen-bond donors (Lipinski definition) is 0. The number of para-hydroxylation sites is 3. The lowest BCUT2D eigenvalue weighted by molar-refractivity contribution is 0.652. The van der Waals surface area contributed by atoms with E-state index >= 15 is 0 Å². The Morgan fingerprint density at radius 1 is 0.475 bits per heavy atom. The van der Waals surface area contributed by atoms with Crippen molar-refractivity contribution in [1.82, 2.24) is 29.1 Å². The van der Waals surface area contributed by atoms with E-state index in [0.717, 1.165) is 57.6 Å². The van der Waals surface area contributed by atoms with E-state index in [9.17, 15) is 0 Å². The summed E-state index contributed by atoms with van der Waals surface area (Å²) in [7, 11) is 0. The van der Waals surface area contributed by atoms with E-state index in [-0.39, 0.29) is 5.41 Å². The van der Waals surface area contributed by atoms with E-state index in [1.165, 1.54) is 71.0 Å². The molecule has 0 fully saturated rings. The first-order valence-corrected chi connectivity index (χ1v) is 20.4. The van der Waals surface area contributed by atoms with Crippen LogP contribution in [0.2, 0.25) is 0 Å². The molecule has 4 heterocycles. The van der Waals surface area contributed by atoms with Crippen LogP contribution in [0.4, 0.5) is 0 Å². The summed E-state index contributed by atoms with van der Waals surface area (Å²) in [6.07, 6.45) is 14.5. The number of rotatable bonds is 4. The molecular weight excluding hydrogens is 721 g/mol. The number of aromatic nitrogens is 6. The second-order valence-electron chi connectivity index (χ2n) is 16.6. The van der Waals surface area contributed by atoms with Crippen molar-refractivity contribution in [3.63, 3.8) is 0 Å². The topological polar surface area (TPSA) is 61.4 Å². The Hall–Kier alpha value is -7.44. The molecule has 2 aliphatic rings. The van der Waals surface area contributed by atoms with Gasteiger partial charge in [0.15, 0.2) is 11.6 Å². The maximum Gasteiger partial charge on any atom is 0.159 e. The largest absolute Gasteiger partial charge is 0.310 e. The molecule has 4 aromatic heterocycles. The fraction of sp³-hybridized carbons (Fsp3) is 0.0943. The molecule has 0 amide bonds. The van der Waals surface area contributed by atoms with E-state index in [1.807, 2.05) is 24.8 Å². The van der Waals surface area contributed by atoms with Crippen LogP contribution in [0, 0.1) is 0 Å². The number of allylic oxidation sites excluding steroid dienone is 1. The van der Waals surface area contributed by atoms with Crippen molar-refractivity contribution in [2.24, 2.45) is 0 Å². The molecule has 7 aromatic carbocycles. The first-order valence-electron chi connectivity index (χ1n) is 20.4. The summed E-state index contributed by atoms with van der Waals surface area (Å²) in [5.41, 5.74) is 12.5. The summed E-state index contributed by atoms with van der Waals surface area (Å²) in [6, 6.07) is 43.8. The van der Waals surface area contributed by atoms with Gasteiger partial charge in [0.1, 0.15) is 0 Å². The molecule has 0 saturated carbocycles. The van der Waals surface area contributed by atoms with Crippen molar-refractivity contribution in [3.05, 3.63) is 175 Å². The molecule has 11 aromatic rings. The predicted molar refractivity (Wildman–Crippen MR) is 242 cm³/mol. The Kier molecular flexibility index (Phi) is 6.53. The first kappa shape index (κ1) is 32.6. The van der Waals surface area contributed by atoms with Crippen LogP contribution in [0.15, 0.2) is 152 Å². The van der Waals surface area contributed by atoms with Crippen LogP contribution >= 0.6 is 0 Å².